The number of rotatable bonds is 3. The van der Waals surface area contributed by atoms with Gasteiger partial charge in [-0.25, -0.2) is 9.18 Å². The van der Waals surface area contributed by atoms with Gasteiger partial charge in [-0.05, 0) is 28.7 Å². The minimum absolute atomic E-state index is 0.125. The Balaban J connectivity index is 3.53. The van der Waals surface area contributed by atoms with Gasteiger partial charge in [0.25, 0.3) is 0 Å². The Morgan fingerprint density at radius 1 is 1.56 bits per heavy atom. The molecule has 1 aromatic rings. The van der Waals surface area contributed by atoms with Crippen LogP contribution in [0.15, 0.2) is 6.07 Å². The summed E-state index contributed by atoms with van der Waals surface area (Å²) in [6, 6.07) is 1.34. The molecule has 0 aliphatic carbocycles. The van der Waals surface area contributed by atoms with Crippen LogP contribution < -0.4 is 4.74 Å². The Hall–Kier alpha value is -0.370. The second-order valence-corrected chi connectivity index (χ2v) is 4.50. The van der Waals surface area contributed by atoms with Crippen molar-refractivity contribution in [3.8, 4) is 5.75 Å². The second-order valence-electron chi connectivity index (χ2n) is 2.86. The first-order valence-electron chi connectivity index (χ1n) is 4.25. The molecule has 0 atom stereocenters. The van der Waals surface area contributed by atoms with Crippen molar-refractivity contribution < 1.29 is 18.7 Å². The number of methoxy groups -OCH3 is 2. The largest absolute Gasteiger partial charge is 0.495 e. The van der Waals surface area contributed by atoms with E-state index in [-0.39, 0.29) is 9.13 Å². The number of esters is 1. The molecule has 16 heavy (non-hydrogen) atoms. The zero-order valence-electron chi connectivity index (χ0n) is 8.64. The molecule has 0 radical (unpaired) electrons. The lowest BCUT2D eigenvalue weighted by Crippen LogP contribution is -2.10. The van der Waals surface area contributed by atoms with Crippen molar-refractivity contribution in [2.75, 3.05) is 14.2 Å². The monoisotopic (exact) mass is 402 g/mol. The van der Waals surface area contributed by atoms with E-state index in [9.17, 15) is 9.18 Å². The first kappa shape index (κ1) is 13.7. The Morgan fingerprint density at radius 3 is 2.62 bits per heavy atom. The van der Waals surface area contributed by atoms with Gasteiger partial charge >= 0.3 is 5.97 Å². The van der Waals surface area contributed by atoms with E-state index in [1.54, 1.807) is 22.6 Å². The number of alkyl halides is 1. The van der Waals surface area contributed by atoms with Crippen molar-refractivity contribution in [3.05, 3.63) is 26.6 Å². The molecule has 0 fully saturated rings. The number of benzene rings is 1. The third-order valence-electron chi connectivity index (χ3n) is 1.99. The van der Waals surface area contributed by atoms with E-state index in [2.05, 4.69) is 20.7 Å². The summed E-state index contributed by atoms with van der Waals surface area (Å²) >= 11 is 4.97. The minimum Gasteiger partial charge on any atom is -0.495 e. The zero-order chi connectivity index (χ0) is 12.3. The van der Waals surface area contributed by atoms with Gasteiger partial charge < -0.3 is 9.47 Å². The molecule has 0 bridgehead atoms. The highest BCUT2D eigenvalue weighted by Crippen LogP contribution is 2.32. The second kappa shape index (κ2) is 5.81. The zero-order valence-corrected chi connectivity index (χ0v) is 12.4. The summed E-state index contributed by atoms with van der Waals surface area (Å²) in [4.78, 5) is 11.5. The fourth-order valence-corrected chi connectivity index (χ4v) is 2.32. The normalized spacial score (nSPS) is 10.1. The first-order valence-corrected chi connectivity index (χ1v) is 6.46. The highest BCUT2D eigenvalue weighted by Gasteiger charge is 2.23. The van der Waals surface area contributed by atoms with E-state index < -0.39 is 11.8 Å². The molecule has 0 saturated carbocycles. The molecule has 0 aliphatic heterocycles. The van der Waals surface area contributed by atoms with Gasteiger partial charge in [0.05, 0.1) is 17.8 Å². The molecule has 0 aliphatic rings. The maximum Gasteiger partial charge on any atom is 0.342 e. The molecule has 0 aromatic heterocycles. The van der Waals surface area contributed by atoms with Crippen LogP contribution in [-0.2, 0) is 10.1 Å². The molecule has 1 rings (SSSR count). The van der Waals surface area contributed by atoms with Gasteiger partial charge in [0.15, 0.2) is 0 Å². The maximum atomic E-state index is 13.5. The molecule has 0 N–H and O–H groups in total. The van der Waals surface area contributed by atoms with E-state index in [4.69, 9.17) is 4.74 Å². The van der Waals surface area contributed by atoms with Gasteiger partial charge in [0.1, 0.15) is 17.1 Å². The minimum atomic E-state index is -0.608. The van der Waals surface area contributed by atoms with Crippen LogP contribution in [0.3, 0.4) is 0 Å². The lowest BCUT2D eigenvalue weighted by molar-refractivity contribution is 0.0595. The van der Waals surface area contributed by atoms with Gasteiger partial charge in [-0.3, -0.25) is 0 Å². The molecular weight excluding hydrogens is 394 g/mol. The third kappa shape index (κ3) is 2.48. The van der Waals surface area contributed by atoms with Crippen LogP contribution in [-0.4, -0.2) is 20.2 Å². The third-order valence-corrected chi connectivity index (χ3v) is 3.65. The van der Waals surface area contributed by atoms with E-state index in [1.165, 1.54) is 20.3 Å². The molecular formula is C10H9BrFIO3. The van der Waals surface area contributed by atoms with Crippen LogP contribution in [0.2, 0.25) is 0 Å². The summed E-state index contributed by atoms with van der Waals surface area (Å²) in [5, 5.41) is 0.397. The quantitative estimate of drug-likeness (QED) is 0.442. The fourth-order valence-electron chi connectivity index (χ4n) is 1.28. The van der Waals surface area contributed by atoms with E-state index >= 15 is 0 Å². The van der Waals surface area contributed by atoms with E-state index in [1.807, 2.05) is 0 Å². The molecule has 3 nitrogen and oxygen atoms in total. The van der Waals surface area contributed by atoms with Gasteiger partial charge in [-0.15, -0.1) is 0 Å². The summed E-state index contributed by atoms with van der Waals surface area (Å²) in [5.74, 6) is -0.728. The Labute approximate surface area is 115 Å². The van der Waals surface area contributed by atoms with Gasteiger partial charge in [0, 0.05) is 10.9 Å². The van der Waals surface area contributed by atoms with Crippen molar-refractivity contribution >= 4 is 44.5 Å². The summed E-state index contributed by atoms with van der Waals surface area (Å²) in [5.41, 5.74) is 0.695. The molecule has 6 heteroatoms. The molecule has 0 spiro atoms. The summed E-state index contributed by atoms with van der Waals surface area (Å²) in [7, 11) is 2.68. The van der Waals surface area contributed by atoms with Crippen LogP contribution in [0.5, 0.6) is 5.75 Å². The Bertz CT molecular complexity index is 423. The number of halogens is 3. The topological polar surface area (TPSA) is 35.5 Å². The standard InChI is InChI=1S/C10H9BrFIO3/c1-15-9-5(4-11)3-6(12)8(13)7(9)10(14)16-2/h3H,4H2,1-2H3. The number of hydrogen-bond acceptors (Lipinski definition) is 3. The molecule has 0 unspecified atom stereocenters. The predicted molar refractivity (Wildman–Crippen MR) is 69.6 cm³/mol. The van der Waals surface area contributed by atoms with Crippen LogP contribution >= 0.6 is 38.5 Å². The van der Waals surface area contributed by atoms with Gasteiger partial charge in [0.2, 0.25) is 0 Å². The number of carbonyl (C=O) groups is 1. The summed E-state index contributed by atoms with van der Waals surface area (Å²) in [6.07, 6.45) is 0. The summed E-state index contributed by atoms with van der Waals surface area (Å²) < 4.78 is 23.5. The smallest absolute Gasteiger partial charge is 0.342 e. The van der Waals surface area contributed by atoms with Crippen LogP contribution in [0.4, 0.5) is 4.39 Å². The van der Waals surface area contributed by atoms with Crippen LogP contribution in [0, 0.1) is 9.39 Å². The van der Waals surface area contributed by atoms with Crippen molar-refractivity contribution in [2.45, 2.75) is 5.33 Å². The van der Waals surface area contributed by atoms with Crippen molar-refractivity contribution in [1.29, 1.82) is 0 Å². The average molecular weight is 403 g/mol. The van der Waals surface area contributed by atoms with Crippen LogP contribution in [0.1, 0.15) is 15.9 Å². The lowest BCUT2D eigenvalue weighted by Gasteiger charge is -2.13. The summed E-state index contributed by atoms with van der Waals surface area (Å²) in [6.45, 7) is 0. The highest BCUT2D eigenvalue weighted by molar-refractivity contribution is 14.1. The van der Waals surface area contributed by atoms with E-state index in [0.29, 0.717) is 16.6 Å². The van der Waals surface area contributed by atoms with Gasteiger partial charge in [-0.2, -0.15) is 0 Å². The van der Waals surface area contributed by atoms with E-state index in [0.717, 1.165) is 0 Å². The SMILES string of the molecule is COC(=O)c1c(I)c(F)cc(CBr)c1OC. The first-order chi connectivity index (χ1) is 7.56. The fraction of sp³-hybridized carbons (Fsp3) is 0.300. The predicted octanol–water partition coefficient (Wildman–Crippen LogP) is 3.12. The number of hydrogen-bond donors (Lipinski definition) is 0. The molecule has 88 valence electrons. The number of ether oxygens (including phenoxy) is 2. The Kier molecular flexibility index (Phi) is 4.97. The van der Waals surface area contributed by atoms with Crippen molar-refractivity contribution in [3.63, 3.8) is 0 Å². The maximum absolute atomic E-state index is 13.5. The molecule has 0 heterocycles. The lowest BCUT2D eigenvalue weighted by atomic mass is 10.1. The van der Waals surface area contributed by atoms with Crippen molar-refractivity contribution in [2.24, 2.45) is 0 Å². The van der Waals surface area contributed by atoms with Crippen molar-refractivity contribution in [1.82, 2.24) is 0 Å². The van der Waals surface area contributed by atoms with Crippen LogP contribution in [0.25, 0.3) is 0 Å². The number of carbonyl (C=O) groups excluding carboxylic acids is 1. The van der Waals surface area contributed by atoms with Gasteiger partial charge in [-0.1, -0.05) is 15.9 Å². The molecule has 1 aromatic carbocycles. The average Bonchev–Trinajstić information content (AvgIpc) is 2.30. The Morgan fingerprint density at radius 2 is 2.19 bits per heavy atom. The molecule has 0 saturated heterocycles. The highest BCUT2D eigenvalue weighted by atomic mass is 127. The molecule has 0 amide bonds.